The normalized spacial score (nSPS) is 18.5. The van der Waals surface area contributed by atoms with Crippen LogP contribution >= 0.6 is 0 Å². The van der Waals surface area contributed by atoms with E-state index in [-0.39, 0.29) is 25.1 Å². The number of ether oxygens (including phenoxy) is 1. The minimum Gasteiger partial charge on any atom is -0.484 e. The number of nitrogens with one attached hydrogen (secondary N) is 1. The summed E-state index contributed by atoms with van der Waals surface area (Å²) in [5, 5.41) is 0. The second kappa shape index (κ2) is 7.98. The number of sulfonamides is 1. The van der Waals surface area contributed by atoms with E-state index in [1.54, 1.807) is 4.90 Å². The fourth-order valence-electron chi connectivity index (χ4n) is 2.82. The third-order valence-electron chi connectivity index (χ3n) is 4.37. The first-order chi connectivity index (χ1) is 11.3. The van der Waals surface area contributed by atoms with Crippen LogP contribution in [0.2, 0.25) is 0 Å². The Morgan fingerprint density at radius 2 is 2.04 bits per heavy atom. The summed E-state index contributed by atoms with van der Waals surface area (Å²) in [4.78, 5) is 14.2. The van der Waals surface area contributed by atoms with Crippen LogP contribution in [0.25, 0.3) is 0 Å². The van der Waals surface area contributed by atoms with Gasteiger partial charge in [-0.3, -0.25) is 4.79 Å². The molecule has 1 aliphatic heterocycles. The van der Waals surface area contributed by atoms with Gasteiger partial charge in [0.2, 0.25) is 10.0 Å². The standard InChI is InChI=1S/C17H26N2O4S/c1-13-7-8-16(10-14(13)2)23-12-17(20)19-9-5-4-6-15(19)11-18-24(3,21)22/h7-8,10,15,18H,4-6,9,11-12H2,1-3H3/t15-/m1/s1. The van der Waals surface area contributed by atoms with Gasteiger partial charge in [0.25, 0.3) is 5.91 Å². The van der Waals surface area contributed by atoms with E-state index in [1.165, 1.54) is 5.56 Å². The van der Waals surface area contributed by atoms with Crippen LogP contribution in [-0.2, 0) is 14.8 Å². The largest absolute Gasteiger partial charge is 0.484 e. The minimum absolute atomic E-state index is 0.0299. The van der Waals surface area contributed by atoms with E-state index in [0.29, 0.717) is 12.3 Å². The number of aryl methyl sites for hydroxylation is 2. The molecule has 1 aliphatic rings. The Bertz CT molecular complexity index is 688. The SMILES string of the molecule is Cc1ccc(OCC(=O)N2CCCC[C@@H]2CNS(C)(=O)=O)cc1C. The Morgan fingerprint density at radius 3 is 2.71 bits per heavy atom. The lowest BCUT2D eigenvalue weighted by molar-refractivity contribution is -0.136. The van der Waals surface area contributed by atoms with Gasteiger partial charge in [0.1, 0.15) is 5.75 Å². The Hall–Kier alpha value is -1.60. The van der Waals surface area contributed by atoms with Gasteiger partial charge in [0.15, 0.2) is 6.61 Å². The summed E-state index contributed by atoms with van der Waals surface area (Å²) in [5.74, 6) is 0.572. The molecule has 1 saturated heterocycles. The van der Waals surface area contributed by atoms with Gasteiger partial charge in [-0.05, 0) is 56.4 Å². The molecule has 0 aliphatic carbocycles. The fourth-order valence-corrected chi connectivity index (χ4v) is 3.32. The van der Waals surface area contributed by atoms with E-state index >= 15 is 0 Å². The predicted octanol–water partition coefficient (Wildman–Crippen LogP) is 1.61. The van der Waals surface area contributed by atoms with Crippen molar-refractivity contribution < 1.29 is 17.9 Å². The van der Waals surface area contributed by atoms with Crippen LogP contribution < -0.4 is 9.46 Å². The summed E-state index contributed by atoms with van der Waals surface area (Å²) in [6.45, 7) is 4.90. The monoisotopic (exact) mass is 354 g/mol. The minimum atomic E-state index is -3.26. The van der Waals surface area contributed by atoms with E-state index in [0.717, 1.165) is 31.1 Å². The van der Waals surface area contributed by atoms with Gasteiger partial charge >= 0.3 is 0 Å². The molecule has 1 fully saturated rings. The lowest BCUT2D eigenvalue weighted by Crippen LogP contribution is -2.50. The van der Waals surface area contributed by atoms with Crippen LogP contribution in [0, 0.1) is 13.8 Å². The summed E-state index contributed by atoms with van der Waals surface area (Å²) in [6, 6.07) is 5.63. The van der Waals surface area contributed by atoms with Crippen molar-refractivity contribution in [2.75, 3.05) is 26.0 Å². The van der Waals surface area contributed by atoms with Crippen LogP contribution in [0.4, 0.5) is 0 Å². The zero-order chi connectivity index (χ0) is 17.7. The molecule has 1 atom stereocenters. The van der Waals surface area contributed by atoms with Gasteiger partial charge in [-0.1, -0.05) is 6.07 Å². The zero-order valence-corrected chi connectivity index (χ0v) is 15.4. The highest BCUT2D eigenvalue weighted by Crippen LogP contribution is 2.19. The molecule has 1 N–H and O–H groups in total. The van der Waals surface area contributed by atoms with Crippen molar-refractivity contribution in [1.82, 2.24) is 9.62 Å². The summed E-state index contributed by atoms with van der Waals surface area (Å²) in [6.07, 6.45) is 3.87. The summed E-state index contributed by atoms with van der Waals surface area (Å²) in [5.41, 5.74) is 2.30. The maximum atomic E-state index is 12.5. The number of rotatable bonds is 6. The fraction of sp³-hybridized carbons (Fsp3) is 0.588. The third kappa shape index (κ3) is 5.49. The van der Waals surface area contributed by atoms with Gasteiger partial charge in [0, 0.05) is 19.1 Å². The van der Waals surface area contributed by atoms with E-state index < -0.39 is 10.0 Å². The molecule has 1 amide bonds. The molecule has 1 heterocycles. The molecule has 2 rings (SSSR count). The molecule has 6 nitrogen and oxygen atoms in total. The van der Waals surface area contributed by atoms with Crippen molar-refractivity contribution in [3.8, 4) is 5.75 Å². The highest BCUT2D eigenvalue weighted by Gasteiger charge is 2.27. The summed E-state index contributed by atoms with van der Waals surface area (Å²) in [7, 11) is -3.26. The molecule has 0 bridgehead atoms. The molecular weight excluding hydrogens is 328 g/mol. The average Bonchev–Trinajstić information content (AvgIpc) is 2.53. The molecule has 134 valence electrons. The Kier molecular flexibility index (Phi) is 6.23. The second-order valence-corrected chi connectivity index (χ2v) is 8.23. The average molecular weight is 354 g/mol. The lowest BCUT2D eigenvalue weighted by Gasteiger charge is -2.35. The maximum absolute atomic E-state index is 12.5. The number of nitrogens with zero attached hydrogens (tertiary/aromatic N) is 1. The number of benzene rings is 1. The van der Waals surface area contributed by atoms with Crippen molar-refractivity contribution >= 4 is 15.9 Å². The molecule has 0 spiro atoms. The summed E-state index contributed by atoms with van der Waals surface area (Å²) >= 11 is 0. The van der Waals surface area contributed by atoms with E-state index in [2.05, 4.69) is 4.72 Å². The van der Waals surface area contributed by atoms with Crippen LogP contribution in [0.15, 0.2) is 18.2 Å². The Labute approximate surface area is 144 Å². The molecule has 1 aromatic rings. The first kappa shape index (κ1) is 18.7. The molecule has 1 aromatic carbocycles. The number of hydrogen-bond acceptors (Lipinski definition) is 4. The van der Waals surface area contributed by atoms with Crippen molar-refractivity contribution in [1.29, 1.82) is 0 Å². The molecule has 24 heavy (non-hydrogen) atoms. The van der Waals surface area contributed by atoms with Crippen LogP contribution in [0.5, 0.6) is 5.75 Å². The molecule has 0 radical (unpaired) electrons. The molecule has 0 unspecified atom stereocenters. The number of carbonyl (C=O) groups is 1. The highest BCUT2D eigenvalue weighted by molar-refractivity contribution is 7.88. The van der Waals surface area contributed by atoms with E-state index in [9.17, 15) is 13.2 Å². The first-order valence-electron chi connectivity index (χ1n) is 8.20. The smallest absolute Gasteiger partial charge is 0.260 e. The topological polar surface area (TPSA) is 75.7 Å². The molecule has 0 saturated carbocycles. The van der Waals surface area contributed by atoms with Gasteiger partial charge in [-0.2, -0.15) is 0 Å². The predicted molar refractivity (Wildman–Crippen MR) is 93.6 cm³/mol. The second-order valence-electron chi connectivity index (χ2n) is 6.39. The number of piperidine rings is 1. The Balaban J connectivity index is 1.94. The van der Waals surface area contributed by atoms with Gasteiger partial charge in [0.05, 0.1) is 6.26 Å². The molecule has 7 heteroatoms. The van der Waals surface area contributed by atoms with E-state index in [4.69, 9.17) is 4.74 Å². The third-order valence-corrected chi connectivity index (χ3v) is 5.06. The first-order valence-corrected chi connectivity index (χ1v) is 10.1. The molecule has 0 aromatic heterocycles. The number of hydrogen-bond donors (Lipinski definition) is 1. The highest BCUT2D eigenvalue weighted by atomic mass is 32.2. The van der Waals surface area contributed by atoms with Crippen LogP contribution in [-0.4, -0.2) is 51.2 Å². The number of amides is 1. The Morgan fingerprint density at radius 1 is 1.29 bits per heavy atom. The lowest BCUT2D eigenvalue weighted by atomic mass is 10.0. The summed E-state index contributed by atoms with van der Waals surface area (Å²) < 4.78 is 30.7. The van der Waals surface area contributed by atoms with Crippen LogP contribution in [0.1, 0.15) is 30.4 Å². The van der Waals surface area contributed by atoms with Crippen molar-refractivity contribution in [2.45, 2.75) is 39.2 Å². The van der Waals surface area contributed by atoms with Crippen molar-refractivity contribution in [3.05, 3.63) is 29.3 Å². The van der Waals surface area contributed by atoms with Gasteiger partial charge in [-0.15, -0.1) is 0 Å². The maximum Gasteiger partial charge on any atom is 0.260 e. The van der Waals surface area contributed by atoms with E-state index in [1.807, 2.05) is 32.0 Å². The van der Waals surface area contributed by atoms with Gasteiger partial charge < -0.3 is 9.64 Å². The number of likely N-dealkylation sites (tertiary alicyclic amines) is 1. The molecular formula is C17H26N2O4S. The van der Waals surface area contributed by atoms with Crippen molar-refractivity contribution in [2.24, 2.45) is 0 Å². The van der Waals surface area contributed by atoms with Crippen LogP contribution in [0.3, 0.4) is 0 Å². The number of carbonyl (C=O) groups excluding carboxylic acids is 1. The zero-order valence-electron chi connectivity index (χ0n) is 14.5. The van der Waals surface area contributed by atoms with Crippen molar-refractivity contribution in [3.63, 3.8) is 0 Å². The quantitative estimate of drug-likeness (QED) is 0.842. The van der Waals surface area contributed by atoms with Gasteiger partial charge in [-0.25, -0.2) is 13.1 Å².